The third-order valence-electron chi connectivity index (χ3n) is 5.64. The van der Waals surface area contributed by atoms with Gasteiger partial charge in [-0.05, 0) is 70.9 Å². The van der Waals surface area contributed by atoms with E-state index in [0.717, 1.165) is 25.3 Å². The van der Waals surface area contributed by atoms with Crippen molar-refractivity contribution in [3.63, 3.8) is 0 Å². The second-order valence-corrected chi connectivity index (χ2v) is 7.40. The molecular weight excluding hydrogens is 385 g/mol. The van der Waals surface area contributed by atoms with Crippen molar-refractivity contribution >= 4 is 30.8 Å². The highest BCUT2D eigenvalue weighted by Gasteiger charge is 2.32. The van der Waals surface area contributed by atoms with Crippen LogP contribution in [0.1, 0.15) is 62.9 Å². The van der Waals surface area contributed by atoms with Crippen LogP contribution in [0.25, 0.3) is 0 Å². The van der Waals surface area contributed by atoms with E-state index in [1.165, 1.54) is 57.3 Å². The highest BCUT2D eigenvalue weighted by molar-refractivity contribution is 5.85. The van der Waals surface area contributed by atoms with Crippen LogP contribution in [0, 0.1) is 0 Å². The van der Waals surface area contributed by atoms with Gasteiger partial charge < -0.3 is 9.30 Å². The number of ether oxygens (including phenoxy) is 1. The summed E-state index contributed by atoms with van der Waals surface area (Å²) in [6, 6.07) is 4.07. The summed E-state index contributed by atoms with van der Waals surface area (Å²) < 4.78 is 7.65. The number of piperidine rings is 2. The van der Waals surface area contributed by atoms with E-state index in [-0.39, 0.29) is 36.8 Å². The number of carbonyl (C=O) groups is 1. The molecule has 1 atom stereocenters. The molecule has 0 aliphatic carbocycles. The van der Waals surface area contributed by atoms with Crippen LogP contribution in [0.3, 0.4) is 0 Å². The van der Waals surface area contributed by atoms with Crippen LogP contribution in [0.5, 0.6) is 0 Å². The first-order valence-corrected chi connectivity index (χ1v) is 9.98. The molecule has 2 aliphatic heterocycles. The highest BCUT2D eigenvalue weighted by Crippen LogP contribution is 2.28. The standard InChI is InChI=1S/C20H33N3O2.2ClH/c1-3-25-20(24)19(23-14-8-5-9-15-23)18-11-10-17(21(18)2)16-22-12-6-4-7-13-22;;/h10-11,19H,3-9,12-16H2,1-2H3;2*1H. The Balaban J connectivity index is 0.00000182. The topological polar surface area (TPSA) is 37.7 Å². The van der Waals surface area contributed by atoms with Crippen molar-refractivity contribution in [1.82, 2.24) is 14.4 Å². The molecule has 0 aromatic carbocycles. The molecule has 5 nitrogen and oxygen atoms in total. The van der Waals surface area contributed by atoms with Crippen molar-refractivity contribution < 1.29 is 9.53 Å². The first-order valence-electron chi connectivity index (χ1n) is 9.98. The minimum atomic E-state index is -0.264. The summed E-state index contributed by atoms with van der Waals surface area (Å²) in [5, 5.41) is 0. The zero-order chi connectivity index (χ0) is 17.6. The molecule has 156 valence electrons. The van der Waals surface area contributed by atoms with Gasteiger partial charge in [-0.15, -0.1) is 24.8 Å². The predicted molar refractivity (Wildman–Crippen MR) is 114 cm³/mol. The van der Waals surface area contributed by atoms with Crippen LogP contribution < -0.4 is 0 Å². The first-order chi connectivity index (χ1) is 12.2. The van der Waals surface area contributed by atoms with E-state index in [0.29, 0.717) is 6.61 Å². The Bertz CT molecular complexity index is 568. The van der Waals surface area contributed by atoms with Gasteiger partial charge in [0.05, 0.1) is 6.61 Å². The lowest BCUT2D eigenvalue weighted by Crippen LogP contribution is -2.39. The summed E-state index contributed by atoms with van der Waals surface area (Å²) in [6.45, 7) is 7.65. The SMILES string of the molecule is CCOC(=O)C(c1ccc(CN2CCCCC2)n1C)N1CCCCC1.Cl.Cl. The van der Waals surface area contributed by atoms with Crippen molar-refractivity contribution in [2.75, 3.05) is 32.8 Å². The zero-order valence-corrected chi connectivity index (χ0v) is 18.3. The largest absolute Gasteiger partial charge is 0.465 e. The number of aromatic nitrogens is 1. The fraction of sp³-hybridized carbons (Fsp3) is 0.750. The third-order valence-corrected chi connectivity index (χ3v) is 5.64. The maximum Gasteiger partial charge on any atom is 0.329 e. The zero-order valence-electron chi connectivity index (χ0n) is 16.7. The van der Waals surface area contributed by atoms with Crippen LogP contribution in [-0.4, -0.2) is 53.1 Å². The summed E-state index contributed by atoms with van der Waals surface area (Å²) >= 11 is 0. The van der Waals surface area contributed by atoms with Crippen LogP contribution in [0.4, 0.5) is 0 Å². The van der Waals surface area contributed by atoms with Gasteiger partial charge in [-0.1, -0.05) is 12.8 Å². The van der Waals surface area contributed by atoms with Gasteiger partial charge in [0.15, 0.2) is 0 Å². The van der Waals surface area contributed by atoms with Crippen molar-refractivity contribution in [3.05, 3.63) is 23.5 Å². The van der Waals surface area contributed by atoms with Crippen LogP contribution >= 0.6 is 24.8 Å². The van der Waals surface area contributed by atoms with Crippen LogP contribution in [0.15, 0.2) is 12.1 Å². The summed E-state index contributed by atoms with van der Waals surface area (Å²) in [4.78, 5) is 17.5. The van der Waals surface area contributed by atoms with E-state index in [9.17, 15) is 4.79 Å². The number of carbonyl (C=O) groups excluding carboxylic acids is 1. The van der Waals surface area contributed by atoms with E-state index < -0.39 is 0 Å². The van der Waals surface area contributed by atoms with E-state index in [2.05, 4.69) is 33.5 Å². The molecule has 0 N–H and O–H groups in total. The summed E-state index contributed by atoms with van der Waals surface area (Å²) in [5.74, 6) is -0.102. The second kappa shape index (κ2) is 11.9. The molecule has 1 unspecified atom stereocenters. The Labute approximate surface area is 176 Å². The van der Waals surface area contributed by atoms with Gasteiger partial charge in [0.1, 0.15) is 6.04 Å². The van der Waals surface area contributed by atoms with Crippen LogP contribution in [-0.2, 0) is 23.1 Å². The lowest BCUT2D eigenvalue weighted by atomic mass is 10.1. The Kier molecular flexibility index (Phi) is 10.7. The normalized spacial score (nSPS) is 19.6. The molecule has 7 heteroatoms. The Morgan fingerprint density at radius 3 is 2.19 bits per heavy atom. The molecule has 0 saturated carbocycles. The number of halogens is 2. The molecule has 0 radical (unpaired) electrons. The van der Waals surface area contributed by atoms with E-state index in [1.807, 2.05) is 6.92 Å². The minimum absolute atomic E-state index is 0. The molecule has 0 amide bonds. The number of hydrogen-bond donors (Lipinski definition) is 0. The molecule has 1 aromatic rings. The lowest BCUT2D eigenvalue weighted by molar-refractivity contribution is -0.150. The summed E-state index contributed by atoms with van der Waals surface area (Å²) in [7, 11) is 2.10. The molecule has 27 heavy (non-hydrogen) atoms. The van der Waals surface area contributed by atoms with Gasteiger partial charge in [0.25, 0.3) is 0 Å². The fourth-order valence-corrected chi connectivity index (χ4v) is 4.21. The Morgan fingerprint density at radius 2 is 1.59 bits per heavy atom. The van der Waals surface area contributed by atoms with Crippen LogP contribution in [0.2, 0.25) is 0 Å². The number of rotatable bonds is 6. The fourth-order valence-electron chi connectivity index (χ4n) is 4.21. The van der Waals surface area contributed by atoms with E-state index >= 15 is 0 Å². The third kappa shape index (κ3) is 6.11. The average Bonchev–Trinajstić information content (AvgIpc) is 2.98. The Hall–Kier alpha value is -0.750. The first kappa shape index (κ1) is 24.3. The minimum Gasteiger partial charge on any atom is -0.465 e. The summed E-state index contributed by atoms with van der Waals surface area (Å²) in [5.41, 5.74) is 2.37. The van der Waals surface area contributed by atoms with Crippen molar-refractivity contribution in [2.24, 2.45) is 7.05 Å². The van der Waals surface area contributed by atoms with Crippen molar-refractivity contribution in [1.29, 1.82) is 0 Å². The van der Waals surface area contributed by atoms with Crippen molar-refractivity contribution in [2.45, 2.75) is 58.0 Å². The smallest absolute Gasteiger partial charge is 0.329 e. The van der Waals surface area contributed by atoms with E-state index in [1.54, 1.807) is 0 Å². The molecule has 0 spiro atoms. The molecule has 3 rings (SSSR count). The Morgan fingerprint density at radius 1 is 1.00 bits per heavy atom. The number of hydrogen-bond acceptors (Lipinski definition) is 4. The van der Waals surface area contributed by atoms with Gasteiger partial charge in [0.2, 0.25) is 0 Å². The summed E-state index contributed by atoms with van der Waals surface area (Å²) in [6.07, 6.45) is 7.56. The number of nitrogens with zero attached hydrogens (tertiary/aromatic N) is 3. The van der Waals surface area contributed by atoms with Gasteiger partial charge in [-0.3, -0.25) is 9.80 Å². The van der Waals surface area contributed by atoms with E-state index in [4.69, 9.17) is 4.74 Å². The average molecular weight is 420 g/mol. The van der Waals surface area contributed by atoms with Gasteiger partial charge >= 0.3 is 5.97 Å². The molecular formula is C20H35Cl2N3O2. The van der Waals surface area contributed by atoms with Crippen molar-refractivity contribution in [3.8, 4) is 0 Å². The lowest BCUT2D eigenvalue weighted by Gasteiger charge is -2.33. The van der Waals surface area contributed by atoms with Gasteiger partial charge in [0, 0.05) is 25.0 Å². The molecule has 0 bridgehead atoms. The second-order valence-electron chi connectivity index (χ2n) is 7.40. The maximum atomic E-state index is 12.7. The number of likely N-dealkylation sites (tertiary alicyclic amines) is 2. The maximum absolute atomic E-state index is 12.7. The molecule has 2 fully saturated rings. The number of esters is 1. The highest BCUT2D eigenvalue weighted by atomic mass is 35.5. The quantitative estimate of drug-likeness (QED) is 0.654. The van der Waals surface area contributed by atoms with Gasteiger partial charge in [-0.25, -0.2) is 4.79 Å². The monoisotopic (exact) mass is 419 g/mol. The predicted octanol–water partition coefficient (Wildman–Crippen LogP) is 3.94. The molecule has 1 aromatic heterocycles. The molecule has 3 heterocycles. The van der Waals surface area contributed by atoms with Gasteiger partial charge in [-0.2, -0.15) is 0 Å². The molecule has 2 saturated heterocycles. The molecule has 2 aliphatic rings.